The number of benzene rings is 1. The molecule has 9 heteroatoms. The summed E-state index contributed by atoms with van der Waals surface area (Å²) in [6, 6.07) is 8.82. The number of anilines is 1. The van der Waals surface area contributed by atoms with Crippen LogP contribution >= 0.6 is 0 Å². The number of unbranched alkanes of at least 4 members (excludes halogenated alkanes) is 7. The van der Waals surface area contributed by atoms with Crippen LogP contribution in [0.15, 0.2) is 28.7 Å². The summed E-state index contributed by atoms with van der Waals surface area (Å²) in [5, 5.41) is 11.9. The van der Waals surface area contributed by atoms with Crippen molar-refractivity contribution in [1.82, 2.24) is 4.90 Å². The minimum Gasteiger partial charge on any atom is -0.465 e. The number of carbonyl (C=O) groups is 4. The monoisotopic (exact) mass is 493 g/mol. The summed E-state index contributed by atoms with van der Waals surface area (Å²) in [5.41, 5.74) is 0.980. The zero-order chi connectivity index (χ0) is 26.1. The SMILES string of the molecule is COC(=O)c1c(C)oc(NC(=O)CCCCCCCCCCN2C(=O)c3ccccc3C2=O)c1C#N. The molecule has 2 aromatic rings. The van der Waals surface area contributed by atoms with Crippen LogP contribution in [0.3, 0.4) is 0 Å². The fourth-order valence-electron chi connectivity index (χ4n) is 4.33. The summed E-state index contributed by atoms with van der Waals surface area (Å²) in [5.74, 6) is -1.16. The van der Waals surface area contributed by atoms with Crippen molar-refractivity contribution in [2.24, 2.45) is 0 Å². The molecule has 0 saturated carbocycles. The molecule has 0 bridgehead atoms. The molecule has 1 aromatic heterocycles. The number of amides is 3. The zero-order valence-corrected chi connectivity index (χ0v) is 20.7. The number of hydrogen-bond acceptors (Lipinski definition) is 7. The van der Waals surface area contributed by atoms with Gasteiger partial charge in [0.25, 0.3) is 11.8 Å². The molecular formula is C27H31N3O6. The topological polar surface area (TPSA) is 130 Å². The summed E-state index contributed by atoms with van der Waals surface area (Å²) in [4.78, 5) is 50.1. The molecule has 1 aliphatic rings. The van der Waals surface area contributed by atoms with E-state index in [2.05, 4.69) is 10.1 Å². The van der Waals surface area contributed by atoms with Crippen molar-refractivity contribution in [3.63, 3.8) is 0 Å². The van der Waals surface area contributed by atoms with Gasteiger partial charge in [-0.3, -0.25) is 24.6 Å². The van der Waals surface area contributed by atoms with Gasteiger partial charge in [0.1, 0.15) is 23.0 Å². The first-order chi connectivity index (χ1) is 17.4. The second-order valence-electron chi connectivity index (χ2n) is 8.77. The van der Waals surface area contributed by atoms with Crippen LogP contribution < -0.4 is 5.32 Å². The Kier molecular flexibility index (Phi) is 9.39. The Labute approximate surface area is 210 Å². The average Bonchev–Trinajstić information content (AvgIpc) is 3.32. The van der Waals surface area contributed by atoms with Crippen LogP contribution in [0.2, 0.25) is 0 Å². The fourth-order valence-corrected chi connectivity index (χ4v) is 4.33. The number of nitriles is 1. The first-order valence-electron chi connectivity index (χ1n) is 12.3. The Morgan fingerprint density at radius 1 is 0.972 bits per heavy atom. The molecule has 0 saturated heterocycles. The van der Waals surface area contributed by atoms with Crippen LogP contribution in [0, 0.1) is 18.3 Å². The average molecular weight is 494 g/mol. The maximum absolute atomic E-state index is 12.4. The summed E-state index contributed by atoms with van der Waals surface area (Å²) in [7, 11) is 1.21. The molecule has 1 aliphatic heterocycles. The van der Waals surface area contributed by atoms with Gasteiger partial charge < -0.3 is 9.15 Å². The smallest absolute Gasteiger partial charge is 0.342 e. The molecule has 1 N–H and O–H groups in total. The van der Waals surface area contributed by atoms with Crippen molar-refractivity contribution in [2.45, 2.75) is 64.7 Å². The molecule has 190 valence electrons. The molecular weight excluding hydrogens is 462 g/mol. The Bertz CT molecular complexity index is 1140. The number of fused-ring (bicyclic) bond motifs is 1. The van der Waals surface area contributed by atoms with Crippen LogP contribution in [0.1, 0.15) is 100 Å². The predicted molar refractivity (Wildman–Crippen MR) is 131 cm³/mol. The predicted octanol–water partition coefficient (Wildman–Crippen LogP) is 4.99. The van der Waals surface area contributed by atoms with Gasteiger partial charge in [-0.25, -0.2) is 4.79 Å². The van der Waals surface area contributed by atoms with E-state index in [1.807, 2.05) is 6.07 Å². The van der Waals surface area contributed by atoms with E-state index in [1.165, 1.54) is 18.9 Å². The maximum atomic E-state index is 12.4. The third-order valence-electron chi connectivity index (χ3n) is 6.25. The van der Waals surface area contributed by atoms with Crippen LogP contribution in [-0.4, -0.2) is 42.2 Å². The zero-order valence-electron chi connectivity index (χ0n) is 20.7. The molecule has 0 fully saturated rings. The standard InChI is InChI=1S/C27H31N3O6/c1-18-23(27(34)35-2)21(17-28)24(36-18)29-22(31)15-9-7-5-3-4-6-8-12-16-30-25(32)19-13-10-11-14-20(19)26(30)33/h10-11,13-14H,3-9,12,15-16H2,1-2H3,(H,29,31). The molecule has 0 spiro atoms. The summed E-state index contributed by atoms with van der Waals surface area (Å²) in [6.45, 7) is 1.98. The Morgan fingerprint density at radius 3 is 2.08 bits per heavy atom. The van der Waals surface area contributed by atoms with Gasteiger partial charge in [0.2, 0.25) is 11.8 Å². The van der Waals surface area contributed by atoms with Gasteiger partial charge in [0.05, 0.1) is 18.2 Å². The number of methoxy groups -OCH3 is 1. The Balaban J connectivity index is 1.25. The van der Waals surface area contributed by atoms with Crippen LogP contribution in [0.5, 0.6) is 0 Å². The minimum atomic E-state index is -0.683. The van der Waals surface area contributed by atoms with Crippen LogP contribution in [0.4, 0.5) is 5.88 Å². The first kappa shape index (κ1) is 26.7. The number of imide groups is 1. The molecule has 3 rings (SSSR count). The van der Waals surface area contributed by atoms with E-state index < -0.39 is 5.97 Å². The molecule has 1 aromatic carbocycles. The molecule has 9 nitrogen and oxygen atoms in total. The number of aryl methyl sites for hydroxylation is 1. The van der Waals surface area contributed by atoms with Crippen LogP contribution in [-0.2, 0) is 9.53 Å². The number of nitrogens with zero attached hydrogens (tertiary/aromatic N) is 2. The van der Waals surface area contributed by atoms with Crippen molar-refractivity contribution in [3.8, 4) is 6.07 Å². The van der Waals surface area contributed by atoms with E-state index in [9.17, 15) is 24.4 Å². The van der Waals surface area contributed by atoms with E-state index >= 15 is 0 Å². The highest BCUT2D eigenvalue weighted by Gasteiger charge is 2.34. The maximum Gasteiger partial charge on any atom is 0.342 e. The second kappa shape index (κ2) is 12.7. The van der Waals surface area contributed by atoms with Crippen molar-refractivity contribution >= 4 is 29.6 Å². The van der Waals surface area contributed by atoms with Gasteiger partial charge in [0, 0.05) is 13.0 Å². The van der Waals surface area contributed by atoms with Gasteiger partial charge >= 0.3 is 5.97 Å². The number of nitrogens with one attached hydrogen (secondary N) is 1. The van der Waals surface area contributed by atoms with Gasteiger partial charge in [-0.1, -0.05) is 50.7 Å². The van der Waals surface area contributed by atoms with E-state index in [4.69, 9.17) is 4.42 Å². The van der Waals surface area contributed by atoms with Crippen molar-refractivity contribution in [2.75, 3.05) is 19.0 Å². The van der Waals surface area contributed by atoms with Crippen LogP contribution in [0.25, 0.3) is 0 Å². The van der Waals surface area contributed by atoms with Gasteiger partial charge in [-0.05, 0) is 31.9 Å². The second-order valence-corrected chi connectivity index (χ2v) is 8.77. The third-order valence-corrected chi connectivity index (χ3v) is 6.25. The van der Waals surface area contributed by atoms with Gasteiger partial charge in [0.15, 0.2) is 0 Å². The molecule has 3 amide bonds. The highest BCUT2D eigenvalue weighted by atomic mass is 16.5. The van der Waals surface area contributed by atoms with Crippen molar-refractivity contribution in [3.05, 3.63) is 52.3 Å². The summed E-state index contributed by atoms with van der Waals surface area (Å²) < 4.78 is 10.1. The largest absolute Gasteiger partial charge is 0.465 e. The Morgan fingerprint density at radius 2 is 1.53 bits per heavy atom. The third kappa shape index (κ3) is 6.19. The molecule has 2 heterocycles. The molecule has 0 aliphatic carbocycles. The number of ether oxygens (including phenoxy) is 1. The quantitative estimate of drug-likeness (QED) is 0.236. The lowest BCUT2D eigenvalue weighted by atomic mass is 10.1. The first-order valence-corrected chi connectivity index (χ1v) is 12.3. The van der Waals surface area contributed by atoms with Gasteiger partial charge in [-0.15, -0.1) is 0 Å². The van der Waals surface area contributed by atoms with E-state index in [1.54, 1.807) is 24.3 Å². The van der Waals surface area contributed by atoms with Gasteiger partial charge in [-0.2, -0.15) is 5.26 Å². The van der Waals surface area contributed by atoms with E-state index in [0.717, 1.165) is 44.9 Å². The van der Waals surface area contributed by atoms with E-state index in [-0.39, 0.29) is 40.5 Å². The number of carbonyl (C=O) groups excluding carboxylic acids is 4. The summed E-state index contributed by atoms with van der Waals surface area (Å²) in [6.07, 6.45) is 7.78. The van der Waals surface area contributed by atoms with Crippen molar-refractivity contribution in [1.29, 1.82) is 5.26 Å². The lowest BCUT2D eigenvalue weighted by molar-refractivity contribution is -0.116. The molecule has 0 radical (unpaired) electrons. The summed E-state index contributed by atoms with van der Waals surface area (Å²) >= 11 is 0. The lowest BCUT2D eigenvalue weighted by Gasteiger charge is -2.13. The number of furan rings is 1. The molecule has 0 atom stereocenters. The van der Waals surface area contributed by atoms with E-state index in [0.29, 0.717) is 30.5 Å². The number of hydrogen-bond donors (Lipinski definition) is 1. The van der Waals surface area contributed by atoms with Crippen molar-refractivity contribution < 1.29 is 28.3 Å². The molecule has 36 heavy (non-hydrogen) atoms. The fraction of sp³-hybridized carbons (Fsp3) is 0.444. The molecule has 0 unspecified atom stereocenters. The Hall–Kier alpha value is -3.93. The number of rotatable bonds is 13. The lowest BCUT2D eigenvalue weighted by Crippen LogP contribution is -2.30. The number of esters is 1. The minimum absolute atomic E-state index is 0.0263. The highest BCUT2D eigenvalue weighted by Crippen LogP contribution is 2.27. The normalized spacial score (nSPS) is 12.4. The highest BCUT2D eigenvalue weighted by molar-refractivity contribution is 6.21.